The summed E-state index contributed by atoms with van der Waals surface area (Å²) >= 11 is 0. The molecule has 1 aliphatic carbocycles. The van der Waals surface area contributed by atoms with Crippen molar-refractivity contribution in [2.45, 2.75) is 31.7 Å². The third-order valence-corrected chi connectivity index (χ3v) is 3.70. The van der Waals surface area contributed by atoms with Crippen LogP contribution in [0.4, 0.5) is 0 Å². The van der Waals surface area contributed by atoms with E-state index < -0.39 is 0 Å². The normalized spacial score (nSPS) is 43.0. The summed E-state index contributed by atoms with van der Waals surface area (Å²) in [5.74, 6) is 1.74. The standard InChI is InChI=1S/C10H20N2/c1-12-7-8(6-11)5-9-3-2-4-10(9)12/h8-10H,2-7,11H2,1H3. The Morgan fingerprint density at radius 2 is 2.25 bits per heavy atom. The highest BCUT2D eigenvalue weighted by Gasteiger charge is 2.36. The minimum atomic E-state index is 0.773. The molecule has 3 atom stereocenters. The van der Waals surface area contributed by atoms with Gasteiger partial charge in [0.2, 0.25) is 0 Å². The molecule has 12 heavy (non-hydrogen) atoms. The van der Waals surface area contributed by atoms with Crippen molar-refractivity contribution >= 4 is 0 Å². The highest BCUT2D eigenvalue weighted by atomic mass is 15.1. The van der Waals surface area contributed by atoms with E-state index >= 15 is 0 Å². The largest absolute Gasteiger partial charge is 0.330 e. The lowest BCUT2D eigenvalue weighted by molar-refractivity contribution is 0.102. The van der Waals surface area contributed by atoms with Crippen LogP contribution in [0, 0.1) is 11.8 Å². The molecule has 2 fully saturated rings. The van der Waals surface area contributed by atoms with Crippen molar-refractivity contribution < 1.29 is 0 Å². The van der Waals surface area contributed by atoms with Gasteiger partial charge in [0.25, 0.3) is 0 Å². The quantitative estimate of drug-likeness (QED) is 0.634. The zero-order valence-electron chi connectivity index (χ0n) is 8.00. The molecule has 2 heteroatoms. The SMILES string of the molecule is CN1CC(CN)CC2CCCC21. The molecule has 0 radical (unpaired) electrons. The van der Waals surface area contributed by atoms with Crippen LogP contribution >= 0.6 is 0 Å². The van der Waals surface area contributed by atoms with E-state index in [0.717, 1.165) is 24.4 Å². The van der Waals surface area contributed by atoms with E-state index in [0.29, 0.717) is 0 Å². The molecule has 2 N–H and O–H groups in total. The Kier molecular flexibility index (Phi) is 2.37. The average Bonchev–Trinajstić information content (AvgIpc) is 2.52. The molecule has 0 aromatic heterocycles. The molecular weight excluding hydrogens is 148 g/mol. The van der Waals surface area contributed by atoms with Crippen LogP contribution in [0.5, 0.6) is 0 Å². The number of fused-ring (bicyclic) bond motifs is 1. The minimum absolute atomic E-state index is 0.773. The molecule has 0 bridgehead atoms. The van der Waals surface area contributed by atoms with Crippen molar-refractivity contribution in [2.24, 2.45) is 17.6 Å². The summed E-state index contributed by atoms with van der Waals surface area (Å²) in [5, 5.41) is 0. The van der Waals surface area contributed by atoms with Gasteiger partial charge in [-0.15, -0.1) is 0 Å². The first kappa shape index (κ1) is 8.52. The molecule has 0 aromatic rings. The number of hydrogen-bond donors (Lipinski definition) is 1. The number of nitrogens with zero attached hydrogens (tertiary/aromatic N) is 1. The fourth-order valence-corrected chi connectivity index (χ4v) is 3.09. The second-order valence-electron chi connectivity index (χ2n) is 4.54. The van der Waals surface area contributed by atoms with E-state index in [1.165, 1.54) is 32.2 Å². The molecule has 2 aliphatic rings. The van der Waals surface area contributed by atoms with Gasteiger partial charge in [0, 0.05) is 12.6 Å². The van der Waals surface area contributed by atoms with Gasteiger partial charge in [0.1, 0.15) is 0 Å². The van der Waals surface area contributed by atoms with Crippen LogP contribution in [0.15, 0.2) is 0 Å². The lowest BCUT2D eigenvalue weighted by atomic mass is 9.85. The van der Waals surface area contributed by atoms with Gasteiger partial charge in [-0.05, 0) is 44.7 Å². The summed E-state index contributed by atoms with van der Waals surface area (Å²) in [6.07, 6.45) is 5.71. The Bertz CT molecular complexity index is 158. The van der Waals surface area contributed by atoms with E-state index in [-0.39, 0.29) is 0 Å². The first-order valence-corrected chi connectivity index (χ1v) is 5.21. The number of nitrogens with two attached hydrogens (primary N) is 1. The molecule has 0 aromatic carbocycles. The van der Waals surface area contributed by atoms with Crippen LogP contribution in [0.2, 0.25) is 0 Å². The van der Waals surface area contributed by atoms with Crippen LogP contribution in [0.25, 0.3) is 0 Å². The van der Waals surface area contributed by atoms with E-state index in [2.05, 4.69) is 11.9 Å². The van der Waals surface area contributed by atoms with E-state index in [4.69, 9.17) is 5.73 Å². The van der Waals surface area contributed by atoms with Crippen LogP contribution in [0.3, 0.4) is 0 Å². The zero-order chi connectivity index (χ0) is 8.55. The highest BCUT2D eigenvalue weighted by Crippen LogP contribution is 2.37. The van der Waals surface area contributed by atoms with Gasteiger partial charge in [0.15, 0.2) is 0 Å². The Labute approximate surface area is 75.1 Å². The third kappa shape index (κ3) is 1.38. The number of piperidine rings is 1. The van der Waals surface area contributed by atoms with Gasteiger partial charge < -0.3 is 10.6 Å². The van der Waals surface area contributed by atoms with Crippen molar-refractivity contribution in [1.82, 2.24) is 4.90 Å². The van der Waals surface area contributed by atoms with E-state index in [1.54, 1.807) is 0 Å². The maximum absolute atomic E-state index is 5.72. The smallest absolute Gasteiger partial charge is 0.0121 e. The fraction of sp³-hybridized carbons (Fsp3) is 1.00. The van der Waals surface area contributed by atoms with Gasteiger partial charge in [-0.25, -0.2) is 0 Å². The van der Waals surface area contributed by atoms with Gasteiger partial charge in [-0.1, -0.05) is 6.42 Å². The van der Waals surface area contributed by atoms with E-state index in [1.807, 2.05) is 0 Å². The molecule has 0 spiro atoms. The molecule has 1 saturated heterocycles. The first-order chi connectivity index (χ1) is 5.81. The molecule has 0 amide bonds. The average molecular weight is 168 g/mol. The van der Waals surface area contributed by atoms with Crippen molar-refractivity contribution in [3.8, 4) is 0 Å². The second kappa shape index (κ2) is 3.35. The molecule has 1 saturated carbocycles. The number of rotatable bonds is 1. The Morgan fingerprint density at radius 3 is 3.00 bits per heavy atom. The summed E-state index contributed by atoms with van der Waals surface area (Å²) in [6.45, 7) is 2.12. The van der Waals surface area contributed by atoms with Crippen LogP contribution in [0.1, 0.15) is 25.7 Å². The number of likely N-dealkylation sites (tertiary alicyclic amines) is 1. The van der Waals surface area contributed by atoms with Gasteiger partial charge in [-0.2, -0.15) is 0 Å². The summed E-state index contributed by atoms with van der Waals surface area (Å²) in [5.41, 5.74) is 5.72. The lowest BCUT2D eigenvalue weighted by Gasteiger charge is -2.39. The van der Waals surface area contributed by atoms with Crippen molar-refractivity contribution in [2.75, 3.05) is 20.1 Å². The Balaban J connectivity index is 2.00. The Morgan fingerprint density at radius 1 is 1.42 bits per heavy atom. The summed E-state index contributed by atoms with van der Waals surface area (Å²) in [6, 6.07) is 0.896. The summed E-state index contributed by atoms with van der Waals surface area (Å²) in [7, 11) is 2.27. The van der Waals surface area contributed by atoms with Crippen LogP contribution < -0.4 is 5.73 Å². The lowest BCUT2D eigenvalue weighted by Crippen LogP contribution is -2.45. The molecule has 1 heterocycles. The first-order valence-electron chi connectivity index (χ1n) is 5.21. The van der Waals surface area contributed by atoms with Crippen LogP contribution in [-0.2, 0) is 0 Å². The summed E-state index contributed by atoms with van der Waals surface area (Å²) in [4.78, 5) is 2.54. The molecular formula is C10H20N2. The summed E-state index contributed by atoms with van der Waals surface area (Å²) < 4.78 is 0. The van der Waals surface area contributed by atoms with Crippen molar-refractivity contribution in [3.63, 3.8) is 0 Å². The molecule has 2 rings (SSSR count). The molecule has 3 unspecified atom stereocenters. The molecule has 2 nitrogen and oxygen atoms in total. The third-order valence-electron chi connectivity index (χ3n) is 3.70. The van der Waals surface area contributed by atoms with Crippen LogP contribution in [-0.4, -0.2) is 31.1 Å². The minimum Gasteiger partial charge on any atom is -0.330 e. The monoisotopic (exact) mass is 168 g/mol. The molecule has 1 aliphatic heterocycles. The molecule has 70 valence electrons. The second-order valence-corrected chi connectivity index (χ2v) is 4.54. The maximum Gasteiger partial charge on any atom is 0.0121 e. The highest BCUT2D eigenvalue weighted by molar-refractivity contribution is 4.90. The van der Waals surface area contributed by atoms with Crippen molar-refractivity contribution in [3.05, 3.63) is 0 Å². The van der Waals surface area contributed by atoms with E-state index in [9.17, 15) is 0 Å². The Hall–Kier alpha value is -0.0800. The predicted molar refractivity (Wildman–Crippen MR) is 50.9 cm³/mol. The van der Waals surface area contributed by atoms with Gasteiger partial charge in [0.05, 0.1) is 0 Å². The maximum atomic E-state index is 5.72. The fourth-order valence-electron chi connectivity index (χ4n) is 3.09. The van der Waals surface area contributed by atoms with Gasteiger partial charge in [-0.3, -0.25) is 0 Å². The zero-order valence-corrected chi connectivity index (χ0v) is 8.00. The predicted octanol–water partition coefficient (Wildman–Crippen LogP) is 1.07. The topological polar surface area (TPSA) is 29.3 Å². The van der Waals surface area contributed by atoms with Gasteiger partial charge >= 0.3 is 0 Å². The van der Waals surface area contributed by atoms with Crippen molar-refractivity contribution in [1.29, 1.82) is 0 Å². The number of hydrogen-bond acceptors (Lipinski definition) is 2.